The highest BCUT2D eigenvalue weighted by molar-refractivity contribution is 6.31. The Bertz CT molecular complexity index is 1430. The van der Waals surface area contributed by atoms with Gasteiger partial charge in [0.1, 0.15) is 18.2 Å². The fourth-order valence-electron chi connectivity index (χ4n) is 3.68. The topological polar surface area (TPSA) is 73.6 Å². The van der Waals surface area contributed by atoms with Crippen LogP contribution in [0.3, 0.4) is 0 Å². The quantitative estimate of drug-likeness (QED) is 0.432. The molecule has 0 fully saturated rings. The smallest absolute Gasteiger partial charge is 0.329 e. The number of carboxylic acids is 1. The highest BCUT2D eigenvalue weighted by Gasteiger charge is 2.12. The summed E-state index contributed by atoms with van der Waals surface area (Å²) in [6, 6.07) is 9.99. The molecular weight excluding hydrogens is 512 g/mol. The minimum Gasteiger partial charge on any atom is -0.496 e. The molecular formula is C32H31ClN2O4. The number of carbonyl (C=O) groups is 1. The molecule has 0 saturated carbocycles. The standard InChI is InChI=1S/C29H25ClN2O.C3H6O3/c1-32-21-27(24-11-7-12-26(30)18-16-24)31-29(32)19-17-25-20-23(10-6-13-28(25)33-2)15-14-22-8-4-3-5-9-22;1-6-2-3(4)5/h3-5,7-13,16-21,24H,6H2,1-2H3;2H2,1H3,(H,4,5)/b19-17+;. The van der Waals surface area contributed by atoms with Crippen LogP contribution in [-0.4, -0.2) is 41.5 Å². The predicted octanol–water partition coefficient (Wildman–Crippen LogP) is 6.32. The van der Waals surface area contributed by atoms with Crippen LogP contribution < -0.4 is 0 Å². The van der Waals surface area contributed by atoms with Crippen molar-refractivity contribution < 1.29 is 19.4 Å². The molecule has 0 amide bonds. The first-order chi connectivity index (χ1) is 18.9. The molecule has 0 bridgehead atoms. The Labute approximate surface area is 234 Å². The molecule has 4 rings (SSSR count). The zero-order valence-electron chi connectivity index (χ0n) is 22.2. The second-order valence-electron chi connectivity index (χ2n) is 8.50. The zero-order chi connectivity index (χ0) is 28.0. The summed E-state index contributed by atoms with van der Waals surface area (Å²) in [5.41, 5.74) is 3.88. The molecule has 7 heteroatoms. The van der Waals surface area contributed by atoms with E-state index in [-0.39, 0.29) is 12.5 Å². The van der Waals surface area contributed by atoms with Crippen LogP contribution in [0.15, 0.2) is 113 Å². The highest BCUT2D eigenvalue weighted by Crippen LogP contribution is 2.24. The summed E-state index contributed by atoms with van der Waals surface area (Å²) in [7, 11) is 5.03. The van der Waals surface area contributed by atoms with E-state index >= 15 is 0 Å². The Hall–Kier alpha value is -4.31. The van der Waals surface area contributed by atoms with Crippen molar-refractivity contribution in [3.8, 4) is 11.8 Å². The minimum atomic E-state index is -0.933. The molecule has 39 heavy (non-hydrogen) atoms. The molecule has 2 aromatic rings. The van der Waals surface area contributed by atoms with Crippen molar-refractivity contribution >= 4 is 23.6 Å². The Morgan fingerprint density at radius 2 is 1.97 bits per heavy atom. The van der Waals surface area contributed by atoms with Crippen LogP contribution in [0.4, 0.5) is 0 Å². The average Bonchev–Trinajstić information content (AvgIpc) is 3.07. The first kappa shape index (κ1) is 29.2. The number of aliphatic carboxylic acids is 1. The van der Waals surface area contributed by atoms with Gasteiger partial charge in [0.25, 0.3) is 0 Å². The molecule has 1 heterocycles. The fraction of sp³-hybridized carbons (Fsp3) is 0.188. The summed E-state index contributed by atoms with van der Waals surface area (Å²) < 4.78 is 11.9. The predicted molar refractivity (Wildman–Crippen MR) is 156 cm³/mol. The lowest BCUT2D eigenvalue weighted by molar-refractivity contribution is -0.141. The number of imidazole rings is 1. The number of rotatable bonds is 6. The van der Waals surface area contributed by atoms with Gasteiger partial charge in [-0.3, -0.25) is 0 Å². The van der Waals surface area contributed by atoms with Crippen LogP contribution in [0, 0.1) is 11.8 Å². The number of hydrogen-bond donors (Lipinski definition) is 1. The molecule has 1 unspecified atom stereocenters. The fourth-order valence-corrected chi connectivity index (χ4v) is 3.83. The third kappa shape index (κ3) is 9.50. The van der Waals surface area contributed by atoms with Gasteiger partial charge in [0.05, 0.1) is 12.8 Å². The molecule has 0 spiro atoms. The van der Waals surface area contributed by atoms with Crippen LogP contribution in [0.1, 0.15) is 29.4 Å². The van der Waals surface area contributed by atoms with E-state index in [9.17, 15) is 4.79 Å². The molecule has 1 atom stereocenters. The zero-order valence-corrected chi connectivity index (χ0v) is 22.9. The van der Waals surface area contributed by atoms with E-state index in [1.165, 1.54) is 7.11 Å². The minimum absolute atomic E-state index is 0.0835. The monoisotopic (exact) mass is 542 g/mol. The van der Waals surface area contributed by atoms with Gasteiger partial charge >= 0.3 is 5.97 Å². The lowest BCUT2D eigenvalue weighted by Gasteiger charge is -2.06. The van der Waals surface area contributed by atoms with Crippen molar-refractivity contribution in [2.75, 3.05) is 20.8 Å². The summed E-state index contributed by atoms with van der Waals surface area (Å²) in [4.78, 5) is 14.3. The first-order valence-electron chi connectivity index (χ1n) is 12.3. The number of hydrogen-bond acceptors (Lipinski definition) is 4. The van der Waals surface area contributed by atoms with Gasteiger partial charge in [-0.1, -0.05) is 65.9 Å². The van der Waals surface area contributed by atoms with Crippen molar-refractivity contribution in [1.29, 1.82) is 0 Å². The lowest BCUT2D eigenvalue weighted by atomic mass is 10.1. The molecule has 6 nitrogen and oxygen atoms in total. The van der Waals surface area contributed by atoms with Gasteiger partial charge in [-0.15, -0.1) is 0 Å². The molecule has 1 aromatic heterocycles. The van der Waals surface area contributed by atoms with E-state index in [2.05, 4.69) is 47.0 Å². The van der Waals surface area contributed by atoms with E-state index in [1.54, 1.807) is 7.11 Å². The Balaban J connectivity index is 0.000000631. The van der Waals surface area contributed by atoms with E-state index in [4.69, 9.17) is 26.4 Å². The number of methoxy groups -OCH3 is 2. The maximum atomic E-state index is 9.47. The van der Waals surface area contributed by atoms with Gasteiger partial charge in [-0.05, 0) is 55.0 Å². The van der Waals surface area contributed by atoms with Crippen molar-refractivity contribution in [2.45, 2.75) is 12.3 Å². The summed E-state index contributed by atoms with van der Waals surface area (Å²) >= 11 is 6.10. The molecule has 1 N–H and O–H groups in total. The normalized spacial score (nSPS) is 16.4. The van der Waals surface area contributed by atoms with Crippen LogP contribution in [0.2, 0.25) is 0 Å². The van der Waals surface area contributed by atoms with E-state index in [0.29, 0.717) is 5.03 Å². The summed E-state index contributed by atoms with van der Waals surface area (Å²) in [6.45, 7) is -0.208. The largest absolute Gasteiger partial charge is 0.496 e. The Kier molecular flexibility index (Phi) is 11.4. The summed E-state index contributed by atoms with van der Waals surface area (Å²) in [5, 5.41) is 8.50. The van der Waals surface area contributed by atoms with Gasteiger partial charge < -0.3 is 19.1 Å². The molecule has 1 aromatic carbocycles. The highest BCUT2D eigenvalue weighted by atomic mass is 35.5. The Morgan fingerprint density at radius 3 is 2.67 bits per heavy atom. The molecule has 200 valence electrons. The molecule has 0 aliphatic heterocycles. The third-order valence-electron chi connectivity index (χ3n) is 5.57. The van der Waals surface area contributed by atoms with Gasteiger partial charge in [0.2, 0.25) is 0 Å². The second kappa shape index (κ2) is 15.2. The van der Waals surface area contributed by atoms with Gasteiger partial charge in [0, 0.05) is 48.0 Å². The first-order valence-corrected chi connectivity index (χ1v) is 12.6. The van der Waals surface area contributed by atoms with Crippen LogP contribution in [0.5, 0.6) is 0 Å². The molecule has 0 radical (unpaired) electrons. The second-order valence-corrected chi connectivity index (χ2v) is 8.94. The van der Waals surface area contributed by atoms with Crippen LogP contribution in [-0.2, 0) is 21.3 Å². The third-order valence-corrected chi connectivity index (χ3v) is 5.82. The number of benzene rings is 1. The summed E-state index contributed by atoms with van der Waals surface area (Å²) in [6.07, 6.45) is 23.0. The van der Waals surface area contributed by atoms with Gasteiger partial charge in [0.15, 0.2) is 0 Å². The molecule has 0 saturated heterocycles. The number of aryl methyl sites for hydroxylation is 1. The number of allylic oxidation sites excluding steroid dienone is 11. The maximum Gasteiger partial charge on any atom is 0.329 e. The van der Waals surface area contributed by atoms with Crippen molar-refractivity contribution in [3.05, 3.63) is 130 Å². The number of ether oxygens (including phenoxy) is 2. The van der Waals surface area contributed by atoms with E-state index < -0.39 is 5.97 Å². The maximum absolute atomic E-state index is 9.47. The van der Waals surface area contributed by atoms with Crippen LogP contribution >= 0.6 is 11.6 Å². The average molecular weight is 543 g/mol. The van der Waals surface area contributed by atoms with Crippen molar-refractivity contribution in [2.24, 2.45) is 7.05 Å². The van der Waals surface area contributed by atoms with Gasteiger partial charge in [-0.2, -0.15) is 0 Å². The van der Waals surface area contributed by atoms with Crippen molar-refractivity contribution in [1.82, 2.24) is 9.55 Å². The SMILES string of the molecule is COC1=CCC=C(C#Cc2ccccc2)C=C1/C=C/c1nc(C2C=CC=C(Cl)C=C2)cn1C.COCC(=O)O. The summed E-state index contributed by atoms with van der Waals surface area (Å²) in [5.74, 6) is 7.34. The number of halogens is 1. The Morgan fingerprint density at radius 1 is 1.18 bits per heavy atom. The van der Waals surface area contributed by atoms with Crippen molar-refractivity contribution in [3.63, 3.8) is 0 Å². The van der Waals surface area contributed by atoms with E-state index in [0.717, 1.165) is 40.4 Å². The number of carboxylic acid groups (broad SMARTS) is 1. The van der Waals surface area contributed by atoms with E-state index in [1.807, 2.05) is 78.5 Å². The molecule has 2 aliphatic carbocycles. The number of aromatic nitrogens is 2. The molecule has 2 aliphatic rings. The number of nitrogens with zero attached hydrogens (tertiary/aromatic N) is 2. The lowest BCUT2D eigenvalue weighted by Crippen LogP contribution is -2.02. The van der Waals surface area contributed by atoms with Gasteiger partial charge in [-0.25, -0.2) is 9.78 Å². The van der Waals surface area contributed by atoms with Crippen LogP contribution in [0.25, 0.3) is 6.08 Å².